The van der Waals surface area contributed by atoms with Gasteiger partial charge in [0.2, 0.25) is 0 Å². The van der Waals surface area contributed by atoms with Crippen molar-refractivity contribution in [2.24, 2.45) is 0 Å². The van der Waals surface area contributed by atoms with E-state index >= 15 is 0 Å². The third-order valence-electron chi connectivity index (χ3n) is 4.29. The van der Waals surface area contributed by atoms with Crippen LogP contribution >= 0.6 is 0 Å². The molecule has 32 heavy (non-hydrogen) atoms. The summed E-state index contributed by atoms with van der Waals surface area (Å²) >= 11 is 0. The van der Waals surface area contributed by atoms with Crippen LogP contribution in [0.15, 0.2) is 24.3 Å². The van der Waals surface area contributed by atoms with Gasteiger partial charge in [-0.15, -0.1) is 0 Å². The minimum atomic E-state index is -1.12. The van der Waals surface area contributed by atoms with Gasteiger partial charge in [-0.3, -0.25) is 0 Å². The number of rotatable bonds is 12. The molecule has 0 aliphatic heterocycles. The van der Waals surface area contributed by atoms with E-state index in [9.17, 15) is 19.8 Å². The molecule has 0 saturated heterocycles. The van der Waals surface area contributed by atoms with Crippen LogP contribution in [-0.4, -0.2) is 35.8 Å². The molecule has 0 unspecified atom stereocenters. The zero-order valence-corrected chi connectivity index (χ0v) is 23.9. The van der Waals surface area contributed by atoms with Crippen molar-refractivity contribution in [3.05, 3.63) is 49.2 Å². The number of benzene rings is 1. The predicted octanol–water partition coefficient (Wildman–Crippen LogP) is 5.35. The molecule has 182 valence electrons. The van der Waals surface area contributed by atoms with Gasteiger partial charge in [0.25, 0.3) is 0 Å². The smallest absolute Gasteiger partial charge is 0.550 e. The number of aromatic carboxylic acids is 1. The molecule has 0 N–H and O–H groups in total. The van der Waals surface area contributed by atoms with E-state index in [1.165, 1.54) is 44.9 Å². The first-order valence-corrected chi connectivity index (χ1v) is 11.9. The normalized spacial score (nSPS) is 8.94. The second-order valence-electron chi connectivity index (χ2n) is 7.29. The Morgan fingerprint density at radius 3 is 1.44 bits per heavy atom. The van der Waals surface area contributed by atoms with Gasteiger partial charge in [0, 0.05) is 5.97 Å². The Hall–Kier alpha value is -1.04. The Morgan fingerprint density at radius 1 is 0.719 bits per heavy atom. The average Bonchev–Trinajstić information content (AvgIpc) is 2.79. The Kier molecular flexibility index (Phi) is 38.4. The third kappa shape index (κ3) is 33.6. The summed E-state index contributed by atoms with van der Waals surface area (Å²) < 4.78 is 0. The standard InChI is InChI=1S/C10H20O2.C9H10O2.2C4H9.Sn/c1-2-3-4-5-6-7-8-9-10(11)12;1-2-7-3-5-8(6-4-7)9(10)11;2*1-3-4-2;/h2-9H2,1H3,(H,11,12);3-6H,2H2,1H3,(H,10,11);2*1,3-4H2,2H3;/q;;;;+2/p-2. The maximum Gasteiger partial charge on any atom is 2.00 e. The van der Waals surface area contributed by atoms with Gasteiger partial charge in [-0.05, 0) is 30.4 Å². The quantitative estimate of drug-likeness (QED) is 0.258. The largest absolute Gasteiger partial charge is 2.00 e. The summed E-state index contributed by atoms with van der Waals surface area (Å²) in [5.41, 5.74) is 1.37. The van der Waals surface area contributed by atoms with Crippen LogP contribution < -0.4 is 10.2 Å². The molecule has 0 aromatic heterocycles. The third-order valence-corrected chi connectivity index (χ3v) is 4.29. The van der Waals surface area contributed by atoms with Crippen molar-refractivity contribution in [3.63, 3.8) is 0 Å². The van der Waals surface area contributed by atoms with Crippen LogP contribution in [-0.2, 0) is 11.2 Å². The fourth-order valence-electron chi connectivity index (χ4n) is 2.10. The first kappa shape index (κ1) is 38.2. The molecule has 0 bridgehead atoms. The van der Waals surface area contributed by atoms with E-state index in [2.05, 4.69) is 34.6 Å². The van der Waals surface area contributed by atoms with E-state index in [1.807, 2.05) is 6.92 Å². The Morgan fingerprint density at radius 2 is 1.12 bits per heavy atom. The first-order valence-electron chi connectivity index (χ1n) is 11.9. The molecular formula is C27H46O4Sn. The fourth-order valence-corrected chi connectivity index (χ4v) is 2.10. The van der Waals surface area contributed by atoms with Crippen LogP contribution in [0.3, 0.4) is 0 Å². The molecule has 0 aliphatic carbocycles. The zero-order chi connectivity index (χ0) is 24.3. The van der Waals surface area contributed by atoms with Crippen molar-refractivity contribution in [1.82, 2.24) is 0 Å². The topological polar surface area (TPSA) is 80.3 Å². The number of carboxylic acid groups (broad SMARTS) is 2. The Bertz CT molecular complexity index is 493. The van der Waals surface area contributed by atoms with Gasteiger partial charge < -0.3 is 19.8 Å². The molecule has 1 aromatic carbocycles. The van der Waals surface area contributed by atoms with E-state index in [-0.39, 0.29) is 35.9 Å². The van der Waals surface area contributed by atoms with Crippen LogP contribution in [0.1, 0.15) is 121 Å². The van der Waals surface area contributed by atoms with Crippen molar-refractivity contribution in [2.75, 3.05) is 0 Å². The Labute approximate surface area is 215 Å². The van der Waals surface area contributed by atoms with Crippen molar-refractivity contribution < 1.29 is 19.8 Å². The number of aryl methyl sites for hydroxylation is 1. The van der Waals surface area contributed by atoms with Crippen molar-refractivity contribution in [2.45, 2.75) is 111 Å². The van der Waals surface area contributed by atoms with Crippen LogP contribution in [0.2, 0.25) is 0 Å². The van der Waals surface area contributed by atoms with E-state index in [0.717, 1.165) is 37.7 Å². The summed E-state index contributed by atoms with van der Waals surface area (Å²) in [5.74, 6) is -2.03. The molecule has 4 radical (unpaired) electrons. The molecule has 0 aliphatic rings. The molecular weight excluding hydrogens is 507 g/mol. The summed E-state index contributed by atoms with van der Waals surface area (Å²) in [4.78, 5) is 20.3. The number of unbranched alkanes of at least 4 members (excludes halogenated alkanes) is 8. The van der Waals surface area contributed by atoms with E-state index < -0.39 is 11.9 Å². The monoisotopic (exact) mass is 554 g/mol. The van der Waals surface area contributed by atoms with E-state index in [4.69, 9.17) is 0 Å². The summed E-state index contributed by atoms with van der Waals surface area (Å²) in [6, 6.07) is 6.72. The van der Waals surface area contributed by atoms with Gasteiger partial charge in [0.05, 0.1) is 5.97 Å². The SMILES string of the molecule is CCCCCCCCCC(=O)[O-].CCc1ccc(C(=O)[O-])cc1.[CH2]CCC.[CH2]CCC.[Sn+2]. The summed E-state index contributed by atoms with van der Waals surface area (Å²) in [5, 5.41) is 20.3. The number of aliphatic carboxylic acids is 1. The second-order valence-corrected chi connectivity index (χ2v) is 7.29. The minimum Gasteiger partial charge on any atom is -0.550 e. The molecule has 0 heterocycles. The number of hydrogen-bond donors (Lipinski definition) is 0. The summed E-state index contributed by atoms with van der Waals surface area (Å²) in [7, 11) is 0. The first-order chi connectivity index (χ1) is 14.8. The molecule has 0 spiro atoms. The van der Waals surface area contributed by atoms with Gasteiger partial charge in [-0.25, -0.2) is 0 Å². The van der Waals surface area contributed by atoms with E-state index in [1.54, 1.807) is 24.3 Å². The molecule has 5 heteroatoms. The molecule has 0 amide bonds. The van der Waals surface area contributed by atoms with Gasteiger partial charge in [0.15, 0.2) is 0 Å². The predicted molar refractivity (Wildman–Crippen MR) is 134 cm³/mol. The molecule has 4 nitrogen and oxygen atoms in total. The van der Waals surface area contributed by atoms with Crippen LogP contribution in [0.5, 0.6) is 0 Å². The number of hydrogen-bond acceptors (Lipinski definition) is 4. The van der Waals surface area contributed by atoms with Crippen LogP contribution in [0, 0.1) is 13.8 Å². The molecule has 1 aromatic rings. The van der Waals surface area contributed by atoms with Gasteiger partial charge in [-0.1, -0.05) is 130 Å². The number of carboxylic acids is 2. The van der Waals surface area contributed by atoms with Crippen molar-refractivity contribution in [1.29, 1.82) is 0 Å². The fraction of sp³-hybridized carbons (Fsp3) is 0.630. The number of carbonyl (C=O) groups excluding carboxylic acids is 2. The molecule has 0 fully saturated rings. The molecule has 0 saturated carbocycles. The van der Waals surface area contributed by atoms with Crippen LogP contribution in [0.4, 0.5) is 0 Å². The zero-order valence-electron chi connectivity index (χ0n) is 21.0. The molecule has 0 atom stereocenters. The summed E-state index contributed by atoms with van der Waals surface area (Å²) in [6.07, 6.45) is 13.8. The number of carbonyl (C=O) groups is 2. The van der Waals surface area contributed by atoms with Crippen molar-refractivity contribution >= 4 is 35.8 Å². The van der Waals surface area contributed by atoms with Crippen LogP contribution in [0.25, 0.3) is 0 Å². The molecule has 1 rings (SSSR count). The maximum atomic E-state index is 10.3. The van der Waals surface area contributed by atoms with Gasteiger partial charge in [0.1, 0.15) is 0 Å². The van der Waals surface area contributed by atoms with Gasteiger partial charge in [-0.2, -0.15) is 0 Å². The Balaban J connectivity index is -0.000000180. The van der Waals surface area contributed by atoms with E-state index in [0.29, 0.717) is 0 Å². The van der Waals surface area contributed by atoms with Gasteiger partial charge >= 0.3 is 23.9 Å². The maximum absolute atomic E-state index is 10.3. The summed E-state index contributed by atoms with van der Waals surface area (Å²) in [6.45, 7) is 15.7. The minimum absolute atomic E-state index is 0. The van der Waals surface area contributed by atoms with Crippen molar-refractivity contribution in [3.8, 4) is 0 Å². The average molecular weight is 553 g/mol. The second kappa shape index (κ2) is 32.1.